The maximum atomic E-state index is 6.18. The van der Waals surface area contributed by atoms with Crippen molar-refractivity contribution in [1.82, 2.24) is 4.98 Å². The highest BCUT2D eigenvalue weighted by Gasteiger charge is 2.52. The Morgan fingerprint density at radius 2 is 1.91 bits per heavy atom. The normalized spacial score (nSPS) is 21.3. The lowest BCUT2D eigenvalue weighted by Crippen LogP contribution is -2.41. The predicted molar refractivity (Wildman–Crippen MR) is 92.5 cm³/mol. The fourth-order valence-electron chi connectivity index (χ4n) is 2.86. The number of pyridine rings is 1. The van der Waals surface area contributed by atoms with Gasteiger partial charge >= 0.3 is 7.12 Å². The topological polar surface area (TPSA) is 40.6 Å². The van der Waals surface area contributed by atoms with E-state index in [1.165, 1.54) is 10.4 Å². The van der Waals surface area contributed by atoms with Crippen LogP contribution in [0.25, 0.3) is 10.6 Å². The lowest BCUT2D eigenvalue weighted by molar-refractivity contribution is 0.00578. The summed E-state index contributed by atoms with van der Waals surface area (Å²) in [5, 5.41) is 0. The minimum atomic E-state index is -0.321. The Bertz CT molecular complexity index is 740. The molecule has 0 saturated carbocycles. The average Bonchev–Trinajstić information content (AvgIpc) is 2.93. The van der Waals surface area contributed by atoms with E-state index in [0.717, 1.165) is 22.6 Å². The molecule has 1 fully saturated rings. The van der Waals surface area contributed by atoms with Crippen LogP contribution in [-0.4, -0.2) is 29.9 Å². The highest BCUT2D eigenvalue weighted by molar-refractivity contribution is 7.25. The zero-order valence-electron chi connectivity index (χ0n) is 13.9. The first-order chi connectivity index (χ1) is 10.9. The van der Waals surface area contributed by atoms with Crippen molar-refractivity contribution in [3.05, 3.63) is 30.0 Å². The van der Waals surface area contributed by atoms with Gasteiger partial charge in [-0.3, -0.25) is 4.98 Å². The number of fused-ring (bicyclic) bond motifs is 3. The molecule has 2 aliphatic heterocycles. The van der Waals surface area contributed by atoms with Gasteiger partial charge in [-0.2, -0.15) is 0 Å². The summed E-state index contributed by atoms with van der Waals surface area (Å²) in [6.07, 6.45) is 2.69. The molecule has 0 aliphatic carbocycles. The van der Waals surface area contributed by atoms with Gasteiger partial charge in [-0.1, -0.05) is 0 Å². The highest BCUT2D eigenvalue weighted by Crippen LogP contribution is 2.40. The van der Waals surface area contributed by atoms with Crippen molar-refractivity contribution < 1.29 is 14.0 Å². The molecule has 2 aliphatic rings. The van der Waals surface area contributed by atoms with E-state index >= 15 is 0 Å². The van der Waals surface area contributed by atoms with Crippen LogP contribution in [0.15, 0.2) is 24.4 Å². The fourth-order valence-corrected chi connectivity index (χ4v) is 4.03. The molecule has 2 aromatic rings. The molecule has 0 bridgehead atoms. The van der Waals surface area contributed by atoms with Crippen LogP contribution in [0.3, 0.4) is 0 Å². The zero-order valence-corrected chi connectivity index (χ0v) is 14.7. The molecule has 0 unspecified atom stereocenters. The Morgan fingerprint density at radius 1 is 1.17 bits per heavy atom. The SMILES string of the molecule is CC1(C)OB(c2cc3c(s2)-c2ncccc2OCC3)OC1(C)C. The first-order valence-corrected chi connectivity index (χ1v) is 8.75. The number of rotatable bonds is 1. The average molecular weight is 329 g/mol. The van der Waals surface area contributed by atoms with Crippen molar-refractivity contribution in [3.8, 4) is 16.3 Å². The lowest BCUT2D eigenvalue weighted by atomic mass is 9.87. The first kappa shape index (κ1) is 15.2. The molecular formula is C17H20BNO3S. The summed E-state index contributed by atoms with van der Waals surface area (Å²) in [5.74, 6) is 0.855. The van der Waals surface area contributed by atoms with Crippen LogP contribution in [0.2, 0.25) is 0 Å². The van der Waals surface area contributed by atoms with Crippen molar-refractivity contribution in [2.24, 2.45) is 0 Å². The minimum absolute atomic E-state index is 0.315. The van der Waals surface area contributed by atoms with Crippen LogP contribution in [0.4, 0.5) is 0 Å². The minimum Gasteiger partial charge on any atom is -0.491 e. The summed E-state index contributed by atoms with van der Waals surface area (Å²) in [5.41, 5.74) is 1.54. The van der Waals surface area contributed by atoms with Gasteiger partial charge in [0, 0.05) is 17.4 Å². The summed E-state index contributed by atoms with van der Waals surface area (Å²) < 4.78 is 19.3. The monoisotopic (exact) mass is 329 g/mol. The molecule has 4 heterocycles. The van der Waals surface area contributed by atoms with E-state index in [2.05, 4.69) is 38.7 Å². The summed E-state index contributed by atoms with van der Waals surface area (Å²) in [7, 11) is -0.315. The van der Waals surface area contributed by atoms with E-state index in [-0.39, 0.29) is 18.3 Å². The van der Waals surface area contributed by atoms with Crippen molar-refractivity contribution in [1.29, 1.82) is 0 Å². The summed E-state index contributed by atoms with van der Waals surface area (Å²) in [4.78, 5) is 5.69. The molecule has 0 atom stereocenters. The molecule has 0 aromatic carbocycles. The molecule has 0 amide bonds. The quantitative estimate of drug-likeness (QED) is 0.754. The molecule has 0 N–H and O–H groups in total. The molecule has 6 heteroatoms. The first-order valence-electron chi connectivity index (χ1n) is 7.94. The Balaban J connectivity index is 1.74. The number of nitrogens with zero attached hydrogens (tertiary/aromatic N) is 1. The van der Waals surface area contributed by atoms with Crippen LogP contribution in [-0.2, 0) is 15.7 Å². The van der Waals surface area contributed by atoms with Crippen LogP contribution < -0.4 is 9.51 Å². The second-order valence-corrected chi connectivity index (χ2v) is 8.12. The third kappa shape index (κ3) is 2.40. The summed E-state index contributed by atoms with van der Waals surface area (Å²) >= 11 is 1.70. The third-order valence-electron chi connectivity index (χ3n) is 4.93. The Hall–Kier alpha value is -1.37. The van der Waals surface area contributed by atoms with Gasteiger partial charge in [0.25, 0.3) is 0 Å². The van der Waals surface area contributed by atoms with Gasteiger partial charge in [-0.15, -0.1) is 11.3 Å². The van der Waals surface area contributed by atoms with Gasteiger partial charge in [0.2, 0.25) is 0 Å². The maximum absolute atomic E-state index is 6.18. The smallest absolute Gasteiger partial charge is 0.491 e. The number of thiophene rings is 1. The van der Waals surface area contributed by atoms with Gasteiger partial charge in [-0.25, -0.2) is 0 Å². The largest absolute Gasteiger partial charge is 0.505 e. The summed E-state index contributed by atoms with van der Waals surface area (Å²) in [6.45, 7) is 8.99. The van der Waals surface area contributed by atoms with E-state index in [0.29, 0.717) is 6.61 Å². The second-order valence-electron chi connectivity index (χ2n) is 7.04. The Morgan fingerprint density at radius 3 is 2.65 bits per heavy atom. The fraction of sp³-hybridized carbons (Fsp3) is 0.471. The van der Waals surface area contributed by atoms with Crippen molar-refractivity contribution in [3.63, 3.8) is 0 Å². The second kappa shape index (κ2) is 5.06. The van der Waals surface area contributed by atoms with E-state index in [9.17, 15) is 0 Å². The lowest BCUT2D eigenvalue weighted by Gasteiger charge is -2.32. The third-order valence-corrected chi connectivity index (χ3v) is 6.13. The van der Waals surface area contributed by atoms with E-state index in [4.69, 9.17) is 14.0 Å². The molecule has 23 heavy (non-hydrogen) atoms. The molecular weight excluding hydrogens is 309 g/mol. The van der Waals surface area contributed by atoms with Crippen LogP contribution >= 0.6 is 11.3 Å². The molecule has 1 saturated heterocycles. The molecule has 0 spiro atoms. The maximum Gasteiger partial charge on any atom is 0.505 e. The van der Waals surface area contributed by atoms with Gasteiger partial charge in [-0.05, 0) is 51.5 Å². The van der Waals surface area contributed by atoms with Gasteiger partial charge in [0.15, 0.2) is 0 Å². The van der Waals surface area contributed by atoms with E-state index in [1.807, 2.05) is 18.3 Å². The van der Waals surface area contributed by atoms with Crippen molar-refractivity contribution >= 4 is 23.2 Å². The van der Waals surface area contributed by atoms with Gasteiger partial charge in [0.1, 0.15) is 11.4 Å². The number of hydrogen-bond acceptors (Lipinski definition) is 5. The number of aromatic nitrogens is 1. The van der Waals surface area contributed by atoms with Crippen molar-refractivity contribution in [2.45, 2.75) is 45.3 Å². The highest BCUT2D eigenvalue weighted by atomic mass is 32.1. The number of ether oxygens (including phenoxy) is 1. The van der Waals surface area contributed by atoms with Gasteiger partial charge in [0.05, 0.1) is 22.7 Å². The Kier molecular flexibility index (Phi) is 3.34. The van der Waals surface area contributed by atoms with Crippen LogP contribution in [0, 0.1) is 0 Å². The Labute approximate surface area is 140 Å². The molecule has 4 nitrogen and oxygen atoms in total. The predicted octanol–water partition coefficient (Wildman–Crippen LogP) is 3.04. The molecule has 2 aromatic heterocycles. The van der Waals surface area contributed by atoms with Crippen molar-refractivity contribution in [2.75, 3.05) is 6.61 Å². The zero-order chi connectivity index (χ0) is 16.2. The summed E-state index contributed by atoms with van der Waals surface area (Å²) in [6, 6.07) is 6.08. The van der Waals surface area contributed by atoms with E-state index in [1.54, 1.807) is 11.3 Å². The molecule has 4 rings (SSSR count). The molecule has 0 radical (unpaired) electrons. The van der Waals surface area contributed by atoms with Gasteiger partial charge < -0.3 is 14.0 Å². The van der Waals surface area contributed by atoms with E-state index < -0.39 is 0 Å². The standard InChI is InChI=1S/C17H20BNO3S/c1-16(2)17(3,4)22-18(21-16)13-10-11-7-9-20-12-6-5-8-19-14(12)15(11)23-13/h5-6,8,10H,7,9H2,1-4H3. The van der Waals surface area contributed by atoms with Crippen LogP contribution in [0.5, 0.6) is 5.75 Å². The molecule has 120 valence electrons. The van der Waals surface area contributed by atoms with Crippen LogP contribution in [0.1, 0.15) is 33.3 Å². The number of hydrogen-bond donors (Lipinski definition) is 0.